The van der Waals surface area contributed by atoms with Crippen LogP contribution in [0.25, 0.3) is 0 Å². The van der Waals surface area contributed by atoms with E-state index in [0.717, 1.165) is 0 Å². The highest BCUT2D eigenvalue weighted by Crippen LogP contribution is 1.58. The molecule has 5 nitrogen and oxygen atoms in total. The van der Waals surface area contributed by atoms with Crippen molar-refractivity contribution in [2.24, 2.45) is 0 Å². The van der Waals surface area contributed by atoms with Crippen LogP contribution in [0.15, 0.2) is 0 Å². The fraction of sp³-hybridized carbons (Fsp3) is 0.833. The van der Waals surface area contributed by atoms with Gasteiger partial charge in [-0.3, -0.25) is 4.79 Å². The van der Waals surface area contributed by atoms with Crippen molar-refractivity contribution in [3.63, 3.8) is 0 Å². The van der Waals surface area contributed by atoms with Crippen molar-refractivity contribution < 1.29 is 20.1 Å². The van der Waals surface area contributed by atoms with Crippen molar-refractivity contribution in [2.75, 3.05) is 26.3 Å². The predicted octanol–water partition coefficient (Wildman–Crippen LogP) is -1.35. The topological polar surface area (TPSA) is 89.8 Å². The summed E-state index contributed by atoms with van der Waals surface area (Å²) in [4.78, 5) is 9.73. The van der Waals surface area contributed by atoms with Crippen LogP contribution in [0.5, 0.6) is 0 Å². The second kappa shape index (κ2) is 12.1. The van der Waals surface area contributed by atoms with E-state index in [1.165, 1.54) is 0 Å². The van der Waals surface area contributed by atoms with Gasteiger partial charge in [-0.05, 0) is 6.92 Å². The monoisotopic (exact) mass is 165 g/mol. The van der Waals surface area contributed by atoms with Crippen LogP contribution >= 0.6 is 0 Å². The molecular formula is C6H15NO4. The van der Waals surface area contributed by atoms with Crippen LogP contribution < -0.4 is 5.32 Å². The molecule has 0 saturated heterocycles. The van der Waals surface area contributed by atoms with Crippen LogP contribution in [0, 0.1) is 0 Å². The van der Waals surface area contributed by atoms with Gasteiger partial charge in [-0.1, -0.05) is 0 Å². The number of nitrogens with one attached hydrogen (secondary N) is 1. The average molecular weight is 165 g/mol. The van der Waals surface area contributed by atoms with Gasteiger partial charge < -0.3 is 20.6 Å². The van der Waals surface area contributed by atoms with Gasteiger partial charge in [0.05, 0.1) is 13.2 Å². The van der Waals surface area contributed by atoms with Gasteiger partial charge in [0, 0.05) is 13.2 Å². The molecule has 0 bridgehead atoms. The lowest BCUT2D eigenvalue weighted by Gasteiger charge is -1.93. The lowest BCUT2D eigenvalue weighted by Crippen LogP contribution is -2.25. The predicted molar refractivity (Wildman–Crippen MR) is 40.4 cm³/mol. The summed E-state index contributed by atoms with van der Waals surface area (Å²) in [6, 6.07) is 0. The molecule has 0 amide bonds. The van der Waals surface area contributed by atoms with E-state index < -0.39 is 5.97 Å². The fourth-order valence-electron chi connectivity index (χ4n) is 0.274. The van der Waals surface area contributed by atoms with E-state index in [4.69, 9.17) is 15.3 Å². The van der Waals surface area contributed by atoms with E-state index in [1.807, 2.05) is 0 Å². The maximum absolute atomic E-state index is 9.73. The van der Waals surface area contributed by atoms with Gasteiger partial charge in [-0.25, -0.2) is 0 Å². The summed E-state index contributed by atoms with van der Waals surface area (Å²) in [6.07, 6.45) is 0. The molecule has 0 saturated carbocycles. The molecule has 0 aromatic heterocycles. The summed E-state index contributed by atoms with van der Waals surface area (Å²) in [5, 5.41) is 26.2. The zero-order valence-electron chi connectivity index (χ0n) is 6.58. The number of hydrogen-bond donors (Lipinski definition) is 4. The Kier molecular flexibility index (Phi) is 14.2. The van der Waals surface area contributed by atoms with Gasteiger partial charge in [-0.2, -0.15) is 0 Å². The first kappa shape index (κ1) is 13.0. The molecule has 5 heteroatoms. The van der Waals surface area contributed by atoms with Crippen LogP contribution in [0.2, 0.25) is 0 Å². The van der Waals surface area contributed by atoms with Gasteiger partial charge in [0.15, 0.2) is 0 Å². The zero-order valence-corrected chi connectivity index (χ0v) is 6.58. The lowest BCUT2D eigenvalue weighted by molar-refractivity contribution is -0.135. The van der Waals surface area contributed by atoms with E-state index in [-0.39, 0.29) is 19.8 Å². The van der Waals surface area contributed by atoms with Gasteiger partial charge in [0.1, 0.15) is 0 Å². The third-order valence-electron chi connectivity index (χ3n) is 0.565. The molecule has 0 radical (unpaired) electrons. The Bertz CT molecular complexity index is 86.7. The summed E-state index contributed by atoms with van der Waals surface area (Å²) >= 11 is 0. The third-order valence-corrected chi connectivity index (χ3v) is 0.565. The summed E-state index contributed by atoms with van der Waals surface area (Å²) in [5.41, 5.74) is 0. The van der Waals surface area contributed by atoms with E-state index in [0.29, 0.717) is 6.54 Å². The average Bonchev–Trinajstić information content (AvgIpc) is 1.89. The van der Waals surface area contributed by atoms with Crippen LogP contribution in [0.4, 0.5) is 0 Å². The second-order valence-corrected chi connectivity index (χ2v) is 1.61. The first-order valence-corrected chi connectivity index (χ1v) is 3.33. The Morgan fingerprint density at radius 3 is 2.18 bits per heavy atom. The Morgan fingerprint density at radius 1 is 1.45 bits per heavy atom. The number of hydrogen-bond acceptors (Lipinski definition) is 4. The highest BCUT2D eigenvalue weighted by atomic mass is 16.4. The lowest BCUT2D eigenvalue weighted by atomic mass is 10.6. The van der Waals surface area contributed by atoms with Gasteiger partial charge in [0.25, 0.3) is 0 Å². The molecule has 0 spiro atoms. The van der Waals surface area contributed by atoms with Gasteiger partial charge >= 0.3 is 5.97 Å². The molecule has 0 aromatic rings. The van der Waals surface area contributed by atoms with E-state index in [1.54, 1.807) is 6.92 Å². The van der Waals surface area contributed by atoms with Crippen molar-refractivity contribution in [1.82, 2.24) is 5.32 Å². The number of carboxylic acids is 1. The van der Waals surface area contributed by atoms with Crippen LogP contribution in [0.3, 0.4) is 0 Å². The summed E-state index contributed by atoms with van der Waals surface area (Å²) < 4.78 is 0. The molecule has 11 heavy (non-hydrogen) atoms. The number of aliphatic hydroxyl groups is 2. The van der Waals surface area contributed by atoms with Gasteiger partial charge in [0.2, 0.25) is 0 Å². The minimum atomic E-state index is -0.904. The Balaban J connectivity index is 0. The molecule has 4 N–H and O–H groups in total. The maximum Gasteiger partial charge on any atom is 0.317 e. The third kappa shape index (κ3) is 26.7. The fourth-order valence-corrected chi connectivity index (χ4v) is 0.274. The zero-order chi connectivity index (χ0) is 9.11. The van der Waals surface area contributed by atoms with E-state index in [9.17, 15) is 4.79 Å². The number of carbonyl (C=O) groups is 1. The first-order chi connectivity index (χ1) is 5.18. The van der Waals surface area contributed by atoms with Crippen molar-refractivity contribution in [3.8, 4) is 0 Å². The number of rotatable bonds is 4. The van der Waals surface area contributed by atoms with Crippen molar-refractivity contribution in [2.45, 2.75) is 6.92 Å². The van der Waals surface area contributed by atoms with Gasteiger partial charge in [-0.15, -0.1) is 0 Å². The summed E-state index contributed by atoms with van der Waals surface area (Å²) in [5.74, 6) is -0.904. The highest BCUT2D eigenvalue weighted by Gasteiger charge is 1.91. The minimum Gasteiger partial charge on any atom is -0.480 e. The number of aliphatic carboxylic acids is 1. The molecule has 0 heterocycles. The Morgan fingerprint density at radius 2 is 1.91 bits per heavy atom. The van der Waals surface area contributed by atoms with Crippen molar-refractivity contribution in [1.29, 1.82) is 0 Å². The molecule has 0 aliphatic rings. The molecule has 0 aliphatic carbocycles. The molecule has 0 unspecified atom stereocenters. The standard InChI is InChI=1S/C4H9NO3.C2H6O/c6-2-1-5-3-4(7)8;1-2-3/h5-6H,1-3H2,(H,7,8);3H,2H2,1H3. The van der Waals surface area contributed by atoms with Crippen LogP contribution in [0.1, 0.15) is 6.92 Å². The normalized spacial score (nSPS) is 8.27. The first-order valence-electron chi connectivity index (χ1n) is 3.33. The highest BCUT2D eigenvalue weighted by molar-refractivity contribution is 5.68. The molecule has 68 valence electrons. The van der Waals surface area contributed by atoms with Crippen LogP contribution in [-0.4, -0.2) is 47.6 Å². The van der Waals surface area contributed by atoms with Crippen molar-refractivity contribution in [3.05, 3.63) is 0 Å². The molecule has 0 aromatic carbocycles. The summed E-state index contributed by atoms with van der Waals surface area (Å²) in [6.45, 7) is 2.17. The molecule has 0 aliphatic heterocycles. The number of carboxylic acid groups (broad SMARTS) is 1. The van der Waals surface area contributed by atoms with E-state index in [2.05, 4.69) is 5.32 Å². The van der Waals surface area contributed by atoms with Crippen LogP contribution in [-0.2, 0) is 4.79 Å². The molecular weight excluding hydrogens is 150 g/mol. The molecule has 0 fully saturated rings. The minimum absolute atomic E-state index is 0.0206. The number of aliphatic hydroxyl groups excluding tert-OH is 2. The SMILES string of the molecule is CCO.O=C(O)CNCCO. The van der Waals surface area contributed by atoms with E-state index >= 15 is 0 Å². The molecule has 0 atom stereocenters. The van der Waals surface area contributed by atoms with Crippen molar-refractivity contribution >= 4 is 5.97 Å². The second-order valence-electron chi connectivity index (χ2n) is 1.61. The molecule has 0 rings (SSSR count). The largest absolute Gasteiger partial charge is 0.480 e. The Labute approximate surface area is 65.7 Å². The quantitative estimate of drug-likeness (QED) is 0.387. The Hall–Kier alpha value is -0.650. The smallest absolute Gasteiger partial charge is 0.317 e. The maximum atomic E-state index is 9.73. The summed E-state index contributed by atoms with van der Waals surface area (Å²) in [7, 11) is 0.